The molecular formula is C20H25N3. The Kier molecular flexibility index (Phi) is 3.83. The standard InChI is InChI=1S/C20H25N3/c1-3-23-19-7-5-4-6-17(19)18-9-8-16(14-20(18)23)15-22-12-10-21(2)11-13-22/h4-9,14H,3,10-13,15H2,1-2H3. The van der Waals surface area contributed by atoms with E-state index in [1.54, 1.807) is 0 Å². The Morgan fingerprint density at radius 1 is 0.870 bits per heavy atom. The quantitative estimate of drug-likeness (QED) is 0.733. The fourth-order valence-electron chi connectivity index (χ4n) is 3.80. The maximum absolute atomic E-state index is 2.57. The second-order valence-electron chi connectivity index (χ2n) is 6.69. The maximum atomic E-state index is 2.57. The van der Waals surface area contributed by atoms with Crippen molar-refractivity contribution in [3.8, 4) is 0 Å². The zero-order valence-corrected chi connectivity index (χ0v) is 14.1. The summed E-state index contributed by atoms with van der Waals surface area (Å²) in [6.07, 6.45) is 0. The second kappa shape index (κ2) is 5.99. The Bertz CT molecular complexity index is 825. The molecule has 1 aliphatic heterocycles. The highest BCUT2D eigenvalue weighted by Crippen LogP contribution is 2.29. The van der Waals surface area contributed by atoms with Crippen molar-refractivity contribution in [2.75, 3.05) is 33.2 Å². The van der Waals surface area contributed by atoms with Gasteiger partial charge in [0.25, 0.3) is 0 Å². The zero-order chi connectivity index (χ0) is 15.8. The van der Waals surface area contributed by atoms with Crippen molar-refractivity contribution in [3.05, 3.63) is 48.0 Å². The minimum atomic E-state index is 1.02. The molecule has 0 atom stereocenters. The molecule has 1 fully saturated rings. The molecule has 0 bridgehead atoms. The Labute approximate surface area is 138 Å². The van der Waals surface area contributed by atoms with Crippen molar-refractivity contribution in [1.29, 1.82) is 0 Å². The SMILES string of the molecule is CCn1c2ccccc2c2ccc(CN3CCN(C)CC3)cc21. The van der Waals surface area contributed by atoms with Crippen molar-refractivity contribution in [1.82, 2.24) is 14.4 Å². The van der Waals surface area contributed by atoms with Gasteiger partial charge in [-0.25, -0.2) is 0 Å². The number of fused-ring (bicyclic) bond motifs is 3. The molecule has 0 aliphatic carbocycles. The summed E-state index contributed by atoms with van der Waals surface area (Å²) in [5.74, 6) is 0. The fourth-order valence-corrected chi connectivity index (χ4v) is 3.80. The molecule has 3 nitrogen and oxygen atoms in total. The zero-order valence-electron chi connectivity index (χ0n) is 14.1. The lowest BCUT2D eigenvalue weighted by Crippen LogP contribution is -2.43. The predicted octanol–water partition coefficient (Wildman–Crippen LogP) is 3.56. The lowest BCUT2D eigenvalue weighted by atomic mass is 10.1. The fraction of sp³-hybridized carbons (Fsp3) is 0.400. The molecule has 2 aromatic carbocycles. The van der Waals surface area contributed by atoms with Crippen molar-refractivity contribution in [3.63, 3.8) is 0 Å². The molecule has 3 aromatic rings. The van der Waals surface area contributed by atoms with Crippen LogP contribution in [-0.2, 0) is 13.1 Å². The highest BCUT2D eigenvalue weighted by atomic mass is 15.2. The third-order valence-corrected chi connectivity index (χ3v) is 5.16. The summed E-state index contributed by atoms with van der Waals surface area (Å²) in [5, 5.41) is 2.75. The molecule has 1 aromatic heterocycles. The first-order chi connectivity index (χ1) is 11.3. The largest absolute Gasteiger partial charge is 0.341 e. The van der Waals surface area contributed by atoms with E-state index < -0.39 is 0 Å². The van der Waals surface area contributed by atoms with Gasteiger partial charge in [-0.05, 0) is 31.7 Å². The first kappa shape index (κ1) is 14.7. The molecule has 0 amide bonds. The van der Waals surface area contributed by atoms with E-state index in [0.29, 0.717) is 0 Å². The van der Waals surface area contributed by atoms with Crippen molar-refractivity contribution in [2.24, 2.45) is 0 Å². The van der Waals surface area contributed by atoms with Gasteiger partial charge in [-0.3, -0.25) is 4.90 Å². The van der Waals surface area contributed by atoms with Crippen LogP contribution in [0.2, 0.25) is 0 Å². The van der Waals surface area contributed by atoms with Gasteiger partial charge in [0, 0.05) is 61.1 Å². The van der Waals surface area contributed by atoms with Crippen LogP contribution in [0.15, 0.2) is 42.5 Å². The number of rotatable bonds is 3. The van der Waals surface area contributed by atoms with Crippen LogP contribution in [0.1, 0.15) is 12.5 Å². The maximum Gasteiger partial charge on any atom is 0.0494 e. The summed E-state index contributed by atoms with van der Waals surface area (Å²) in [4.78, 5) is 4.98. The van der Waals surface area contributed by atoms with Gasteiger partial charge in [-0.2, -0.15) is 0 Å². The summed E-state index contributed by atoms with van der Waals surface area (Å²) in [5.41, 5.74) is 4.15. The Hall–Kier alpha value is -1.84. The first-order valence-corrected chi connectivity index (χ1v) is 8.67. The van der Waals surface area contributed by atoms with Crippen molar-refractivity contribution in [2.45, 2.75) is 20.0 Å². The molecule has 3 heteroatoms. The third kappa shape index (κ3) is 2.64. The van der Waals surface area contributed by atoms with E-state index in [-0.39, 0.29) is 0 Å². The molecule has 0 spiro atoms. The van der Waals surface area contributed by atoms with Crippen LogP contribution in [0.4, 0.5) is 0 Å². The van der Waals surface area contributed by atoms with E-state index in [0.717, 1.165) is 13.1 Å². The molecule has 4 rings (SSSR count). The minimum absolute atomic E-state index is 1.02. The van der Waals surface area contributed by atoms with Gasteiger partial charge in [-0.15, -0.1) is 0 Å². The molecular weight excluding hydrogens is 282 g/mol. The van der Waals surface area contributed by atoms with Gasteiger partial charge in [0.1, 0.15) is 0 Å². The molecule has 23 heavy (non-hydrogen) atoms. The number of benzene rings is 2. The normalized spacial score (nSPS) is 17.3. The Morgan fingerprint density at radius 2 is 1.61 bits per heavy atom. The number of nitrogens with zero attached hydrogens (tertiary/aromatic N) is 3. The van der Waals surface area contributed by atoms with E-state index in [1.807, 2.05) is 0 Å². The molecule has 2 heterocycles. The lowest BCUT2D eigenvalue weighted by Gasteiger charge is -2.32. The molecule has 1 saturated heterocycles. The third-order valence-electron chi connectivity index (χ3n) is 5.16. The molecule has 0 saturated carbocycles. The van der Waals surface area contributed by atoms with Crippen LogP contribution in [0.25, 0.3) is 21.8 Å². The number of aryl methyl sites for hydroxylation is 1. The Balaban J connectivity index is 1.71. The van der Waals surface area contributed by atoms with Crippen molar-refractivity contribution < 1.29 is 0 Å². The van der Waals surface area contributed by atoms with Gasteiger partial charge in [-0.1, -0.05) is 30.3 Å². The summed E-state index contributed by atoms with van der Waals surface area (Å²) in [6, 6.07) is 15.8. The predicted molar refractivity (Wildman–Crippen MR) is 97.9 cm³/mol. The molecule has 0 unspecified atom stereocenters. The van der Waals surface area contributed by atoms with Gasteiger partial charge >= 0.3 is 0 Å². The van der Waals surface area contributed by atoms with Crippen LogP contribution in [0, 0.1) is 0 Å². The number of hydrogen-bond acceptors (Lipinski definition) is 2. The van der Waals surface area contributed by atoms with Gasteiger partial charge in [0.2, 0.25) is 0 Å². The molecule has 120 valence electrons. The lowest BCUT2D eigenvalue weighted by molar-refractivity contribution is 0.148. The van der Waals surface area contributed by atoms with E-state index in [2.05, 4.69) is 70.8 Å². The average molecular weight is 307 g/mol. The van der Waals surface area contributed by atoms with E-state index in [9.17, 15) is 0 Å². The smallest absolute Gasteiger partial charge is 0.0494 e. The van der Waals surface area contributed by atoms with Crippen LogP contribution < -0.4 is 0 Å². The topological polar surface area (TPSA) is 11.4 Å². The summed E-state index contributed by atoms with van der Waals surface area (Å²) in [6.45, 7) is 9.02. The summed E-state index contributed by atoms with van der Waals surface area (Å²) in [7, 11) is 2.21. The van der Waals surface area contributed by atoms with E-state index in [4.69, 9.17) is 0 Å². The Morgan fingerprint density at radius 3 is 2.39 bits per heavy atom. The second-order valence-corrected chi connectivity index (χ2v) is 6.69. The average Bonchev–Trinajstić information content (AvgIpc) is 2.90. The van der Waals surface area contributed by atoms with Gasteiger partial charge < -0.3 is 9.47 Å². The van der Waals surface area contributed by atoms with Crippen LogP contribution in [0.5, 0.6) is 0 Å². The number of piperazine rings is 1. The molecule has 1 aliphatic rings. The summed E-state index contributed by atoms with van der Waals surface area (Å²) >= 11 is 0. The number of hydrogen-bond donors (Lipinski definition) is 0. The summed E-state index contributed by atoms with van der Waals surface area (Å²) < 4.78 is 2.44. The highest BCUT2D eigenvalue weighted by Gasteiger charge is 2.15. The highest BCUT2D eigenvalue weighted by molar-refractivity contribution is 6.08. The molecule has 0 radical (unpaired) electrons. The van der Waals surface area contributed by atoms with E-state index in [1.165, 1.54) is 53.5 Å². The number of aromatic nitrogens is 1. The molecule has 0 N–H and O–H groups in total. The van der Waals surface area contributed by atoms with Crippen LogP contribution in [0.3, 0.4) is 0 Å². The monoisotopic (exact) mass is 307 g/mol. The number of para-hydroxylation sites is 1. The minimum Gasteiger partial charge on any atom is -0.341 e. The first-order valence-electron chi connectivity index (χ1n) is 8.67. The van der Waals surface area contributed by atoms with Crippen LogP contribution >= 0.6 is 0 Å². The van der Waals surface area contributed by atoms with Gasteiger partial charge in [0.05, 0.1) is 0 Å². The van der Waals surface area contributed by atoms with Crippen LogP contribution in [-0.4, -0.2) is 47.6 Å². The van der Waals surface area contributed by atoms with E-state index >= 15 is 0 Å². The van der Waals surface area contributed by atoms with Gasteiger partial charge in [0.15, 0.2) is 0 Å². The van der Waals surface area contributed by atoms with Crippen molar-refractivity contribution >= 4 is 21.8 Å². The number of likely N-dealkylation sites (N-methyl/N-ethyl adjacent to an activating group) is 1.